The highest BCUT2D eigenvalue weighted by Gasteiger charge is 2.23. The maximum absolute atomic E-state index is 11.5. The second kappa shape index (κ2) is 6.02. The Bertz CT molecular complexity index is 377. The second-order valence-corrected chi connectivity index (χ2v) is 4.86. The molecule has 1 fully saturated rings. The fourth-order valence-corrected chi connectivity index (χ4v) is 1.76. The van der Waals surface area contributed by atoms with E-state index in [1.165, 1.54) is 0 Å². The van der Waals surface area contributed by atoms with Gasteiger partial charge in [0.1, 0.15) is 12.4 Å². The molecule has 92 valence electrons. The number of carbonyl (C=O) groups is 1. The molecule has 2 N–H and O–H groups in total. The first-order valence-electron chi connectivity index (χ1n) is 5.62. The Hall–Kier alpha value is -1.07. The van der Waals surface area contributed by atoms with Crippen LogP contribution in [0.25, 0.3) is 0 Å². The van der Waals surface area contributed by atoms with Gasteiger partial charge in [0, 0.05) is 17.6 Å². The average molecular weight is 299 g/mol. The van der Waals surface area contributed by atoms with Crippen molar-refractivity contribution in [2.24, 2.45) is 5.92 Å². The summed E-state index contributed by atoms with van der Waals surface area (Å²) in [6, 6.07) is 7.63. The van der Waals surface area contributed by atoms with Crippen LogP contribution in [-0.2, 0) is 4.79 Å². The quantitative estimate of drug-likeness (QED) is 0.802. The first kappa shape index (κ1) is 12.4. The first-order valence-corrected chi connectivity index (χ1v) is 6.42. The molecule has 17 heavy (non-hydrogen) atoms. The van der Waals surface area contributed by atoms with Gasteiger partial charge >= 0.3 is 0 Å². The molecule has 0 unspecified atom stereocenters. The molecule has 0 radical (unpaired) electrons. The van der Waals surface area contributed by atoms with Crippen molar-refractivity contribution >= 4 is 21.8 Å². The maximum Gasteiger partial charge on any atom is 0.225 e. The Kier molecular flexibility index (Phi) is 4.39. The summed E-state index contributed by atoms with van der Waals surface area (Å²) >= 11 is 3.36. The number of rotatable bonds is 5. The van der Waals surface area contributed by atoms with E-state index in [0.29, 0.717) is 13.2 Å². The molecule has 1 amide bonds. The van der Waals surface area contributed by atoms with E-state index >= 15 is 0 Å². The van der Waals surface area contributed by atoms with Gasteiger partial charge in [-0.3, -0.25) is 4.79 Å². The fraction of sp³-hybridized carbons (Fsp3) is 0.417. The monoisotopic (exact) mass is 298 g/mol. The van der Waals surface area contributed by atoms with Crippen molar-refractivity contribution in [1.29, 1.82) is 0 Å². The highest BCUT2D eigenvalue weighted by atomic mass is 79.9. The third kappa shape index (κ3) is 3.71. The van der Waals surface area contributed by atoms with Crippen molar-refractivity contribution in [3.8, 4) is 5.75 Å². The lowest BCUT2D eigenvalue weighted by Gasteiger charge is -2.25. The summed E-state index contributed by atoms with van der Waals surface area (Å²) in [5.74, 6) is 1.07. The highest BCUT2D eigenvalue weighted by molar-refractivity contribution is 9.10. The van der Waals surface area contributed by atoms with Crippen molar-refractivity contribution in [3.63, 3.8) is 0 Å². The van der Waals surface area contributed by atoms with E-state index < -0.39 is 0 Å². The lowest BCUT2D eigenvalue weighted by molar-refractivity contribution is -0.126. The summed E-state index contributed by atoms with van der Waals surface area (Å²) in [6.45, 7) is 2.62. The zero-order valence-corrected chi connectivity index (χ0v) is 11.0. The zero-order chi connectivity index (χ0) is 12.1. The molecule has 1 aromatic carbocycles. The number of hydrogen-bond donors (Lipinski definition) is 2. The van der Waals surface area contributed by atoms with Crippen LogP contribution in [0.2, 0.25) is 0 Å². The Morgan fingerprint density at radius 3 is 2.71 bits per heavy atom. The van der Waals surface area contributed by atoms with Crippen molar-refractivity contribution in [3.05, 3.63) is 28.7 Å². The summed E-state index contributed by atoms with van der Waals surface area (Å²) in [6.07, 6.45) is 0. The molecule has 1 aliphatic rings. The van der Waals surface area contributed by atoms with Gasteiger partial charge in [-0.05, 0) is 24.3 Å². The van der Waals surface area contributed by atoms with E-state index in [0.717, 1.165) is 23.3 Å². The third-order valence-corrected chi connectivity index (χ3v) is 3.16. The lowest BCUT2D eigenvalue weighted by Crippen LogP contribution is -2.51. The number of amides is 1. The van der Waals surface area contributed by atoms with Crippen LogP contribution in [0.5, 0.6) is 5.75 Å². The maximum atomic E-state index is 11.5. The van der Waals surface area contributed by atoms with Gasteiger partial charge in [-0.15, -0.1) is 0 Å². The summed E-state index contributed by atoms with van der Waals surface area (Å²) < 4.78 is 6.52. The molecule has 0 spiro atoms. The highest BCUT2D eigenvalue weighted by Crippen LogP contribution is 2.15. The molecule has 0 bridgehead atoms. The van der Waals surface area contributed by atoms with Crippen LogP contribution >= 0.6 is 15.9 Å². The van der Waals surface area contributed by atoms with Gasteiger partial charge in [-0.25, -0.2) is 0 Å². The van der Waals surface area contributed by atoms with Gasteiger partial charge in [-0.2, -0.15) is 0 Å². The molecular weight excluding hydrogens is 284 g/mol. The zero-order valence-electron chi connectivity index (χ0n) is 9.41. The van der Waals surface area contributed by atoms with Gasteiger partial charge < -0.3 is 15.4 Å². The Morgan fingerprint density at radius 1 is 1.41 bits per heavy atom. The van der Waals surface area contributed by atoms with Crippen LogP contribution in [0.15, 0.2) is 28.7 Å². The summed E-state index contributed by atoms with van der Waals surface area (Å²) in [5, 5.41) is 5.92. The molecule has 0 aliphatic carbocycles. The molecule has 1 aliphatic heterocycles. The molecule has 2 rings (SSSR count). The number of hydrogen-bond acceptors (Lipinski definition) is 3. The van der Waals surface area contributed by atoms with E-state index in [1.807, 2.05) is 24.3 Å². The van der Waals surface area contributed by atoms with Crippen LogP contribution in [0, 0.1) is 5.92 Å². The van der Waals surface area contributed by atoms with E-state index in [4.69, 9.17) is 4.74 Å². The number of ether oxygens (including phenoxy) is 1. The molecule has 1 aromatic rings. The Labute approximate surface area is 109 Å². The van der Waals surface area contributed by atoms with Crippen molar-refractivity contribution in [2.75, 3.05) is 26.2 Å². The largest absolute Gasteiger partial charge is 0.492 e. The van der Waals surface area contributed by atoms with E-state index in [2.05, 4.69) is 26.6 Å². The smallest absolute Gasteiger partial charge is 0.225 e. The minimum atomic E-state index is 0.114. The SMILES string of the molecule is O=C(NCCOc1ccc(Br)cc1)C1CNC1. The first-order chi connectivity index (χ1) is 8.25. The second-order valence-electron chi connectivity index (χ2n) is 3.95. The van der Waals surface area contributed by atoms with Crippen molar-refractivity contribution in [1.82, 2.24) is 10.6 Å². The predicted molar refractivity (Wildman–Crippen MR) is 69.0 cm³/mol. The van der Waals surface area contributed by atoms with E-state index in [9.17, 15) is 4.79 Å². The van der Waals surface area contributed by atoms with Crippen LogP contribution in [0.1, 0.15) is 0 Å². The number of benzene rings is 1. The molecule has 1 heterocycles. The average Bonchev–Trinajstić information content (AvgIpc) is 2.24. The van der Waals surface area contributed by atoms with Crippen LogP contribution in [0.4, 0.5) is 0 Å². The minimum absolute atomic E-state index is 0.114. The van der Waals surface area contributed by atoms with Gasteiger partial charge in [0.25, 0.3) is 0 Å². The topological polar surface area (TPSA) is 50.4 Å². The third-order valence-electron chi connectivity index (χ3n) is 2.64. The fourth-order valence-electron chi connectivity index (χ4n) is 1.49. The van der Waals surface area contributed by atoms with E-state index in [-0.39, 0.29) is 11.8 Å². The Morgan fingerprint density at radius 2 is 2.12 bits per heavy atom. The van der Waals surface area contributed by atoms with Gasteiger partial charge in [0.2, 0.25) is 5.91 Å². The molecule has 0 saturated carbocycles. The Balaban J connectivity index is 1.62. The van der Waals surface area contributed by atoms with Crippen molar-refractivity contribution in [2.45, 2.75) is 0 Å². The predicted octanol–water partition coefficient (Wildman–Crippen LogP) is 1.16. The number of carbonyl (C=O) groups excluding carboxylic acids is 1. The standard InChI is InChI=1S/C12H15BrN2O2/c13-10-1-3-11(4-2-10)17-6-5-15-12(16)9-7-14-8-9/h1-4,9,14H,5-8H2,(H,15,16). The molecule has 1 saturated heterocycles. The van der Waals surface area contributed by atoms with Crippen LogP contribution in [-0.4, -0.2) is 32.1 Å². The summed E-state index contributed by atoms with van der Waals surface area (Å²) in [7, 11) is 0. The molecule has 0 aromatic heterocycles. The van der Waals surface area contributed by atoms with Crippen LogP contribution < -0.4 is 15.4 Å². The van der Waals surface area contributed by atoms with Gasteiger partial charge in [0.15, 0.2) is 0 Å². The number of halogens is 1. The molecule has 4 nitrogen and oxygen atoms in total. The number of nitrogens with one attached hydrogen (secondary N) is 2. The summed E-state index contributed by atoms with van der Waals surface area (Å²) in [4.78, 5) is 11.5. The van der Waals surface area contributed by atoms with E-state index in [1.54, 1.807) is 0 Å². The van der Waals surface area contributed by atoms with Crippen molar-refractivity contribution < 1.29 is 9.53 Å². The molecular formula is C12H15BrN2O2. The van der Waals surface area contributed by atoms with Gasteiger partial charge in [-0.1, -0.05) is 15.9 Å². The lowest BCUT2D eigenvalue weighted by atomic mass is 10.0. The normalized spacial score (nSPS) is 15.1. The summed E-state index contributed by atoms with van der Waals surface area (Å²) in [5.41, 5.74) is 0. The van der Waals surface area contributed by atoms with Crippen LogP contribution in [0.3, 0.4) is 0 Å². The molecule has 0 atom stereocenters. The molecule has 5 heteroatoms. The van der Waals surface area contributed by atoms with Gasteiger partial charge in [0.05, 0.1) is 12.5 Å². The minimum Gasteiger partial charge on any atom is -0.492 e.